The highest BCUT2D eigenvalue weighted by atomic mass is 35.5. The summed E-state index contributed by atoms with van der Waals surface area (Å²) in [6, 6.07) is 6.84. The summed E-state index contributed by atoms with van der Waals surface area (Å²) in [5.41, 5.74) is -1.57. The first-order valence-electron chi connectivity index (χ1n) is 7.61. The molecule has 1 aromatic rings. The maximum Gasteiger partial charge on any atom is 0.408 e. The molecule has 2 rings (SSSR count). The molecule has 0 spiro atoms. The second-order valence-corrected chi connectivity index (χ2v) is 7.24. The number of hydrogen-bond donors (Lipinski definition) is 2. The van der Waals surface area contributed by atoms with Crippen molar-refractivity contribution in [3.05, 3.63) is 34.9 Å². The zero-order valence-corrected chi connectivity index (χ0v) is 14.3. The number of halogens is 1. The van der Waals surface area contributed by atoms with Gasteiger partial charge in [0.15, 0.2) is 5.78 Å². The van der Waals surface area contributed by atoms with Crippen molar-refractivity contribution in [2.24, 2.45) is 0 Å². The number of rotatable bonds is 2. The molecule has 0 radical (unpaired) electrons. The first-order valence-corrected chi connectivity index (χ1v) is 7.99. The zero-order valence-electron chi connectivity index (χ0n) is 13.6. The van der Waals surface area contributed by atoms with Gasteiger partial charge in [-0.05, 0) is 33.3 Å². The third kappa shape index (κ3) is 4.03. The number of aliphatic hydroxyl groups excluding tert-OH is 1. The average Bonchev–Trinajstić information content (AvgIpc) is 2.41. The molecule has 126 valence electrons. The number of alkyl carbamates (subject to hydrolysis) is 1. The summed E-state index contributed by atoms with van der Waals surface area (Å²) in [7, 11) is 0. The molecule has 0 unspecified atom stereocenters. The van der Waals surface area contributed by atoms with E-state index in [0.717, 1.165) is 0 Å². The van der Waals surface area contributed by atoms with Crippen molar-refractivity contribution in [1.82, 2.24) is 5.32 Å². The van der Waals surface area contributed by atoms with Crippen molar-refractivity contribution < 1.29 is 19.4 Å². The van der Waals surface area contributed by atoms with Gasteiger partial charge in [-0.1, -0.05) is 29.8 Å². The van der Waals surface area contributed by atoms with Gasteiger partial charge in [0, 0.05) is 23.4 Å². The van der Waals surface area contributed by atoms with E-state index in [9.17, 15) is 14.7 Å². The molecule has 0 aromatic heterocycles. The van der Waals surface area contributed by atoms with Gasteiger partial charge in [0.25, 0.3) is 0 Å². The van der Waals surface area contributed by atoms with E-state index in [4.69, 9.17) is 16.3 Å². The molecule has 2 atom stereocenters. The van der Waals surface area contributed by atoms with Crippen LogP contribution in [-0.4, -0.2) is 28.7 Å². The van der Waals surface area contributed by atoms with Crippen LogP contribution < -0.4 is 5.32 Å². The Bertz CT molecular complexity index is 611. The molecule has 5 nitrogen and oxygen atoms in total. The van der Waals surface area contributed by atoms with E-state index in [1.54, 1.807) is 45.0 Å². The molecule has 1 aliphatic carbocycles. The van der Waals surface area contributed by atoms with Gasteiger partial charge in [-0.15, -0.1) is 0 Å². The molecule has 0 saturated heterocycles. The Morgan fingerprint density at radius 3 is 2.65 bits per heavy atom. The van der Waals surface area contributed by atoms with Crippen LogP contribution in [-0.2, 0) is 15.1 Å². The second kappa shape index (κ2) is 6.49. The third-order valence-corrected chi connectivity index (χ3v) is 4.10. The van der Waals surface area contributed by atoms with Gasteiger partial charge in [-0.2, -0.15) is 0 Å². The lowest BCUT2D eigenvalue weighted by molar-refractivity contribution is -0.131. The fraction of sp³-hybridized carbons (Fsp3) is 0.529. The Morgan fingerprint density at radius 2 is 2.04 bits per heavy atom. The van der Waals surface area contributed by atoms with Crippen LogP contribution in [0.4, 0.5) is 4.79 Å². The lowest BCUT2D eigenvalue weighted by Crippen LogP contribution is -2.56. The predicted octanol–water partition coefficient (Wildman–Crippen LogP) is 3.17. The van der Waals surface area contributed by atoms with Gasteiger partial charge in [-0.25, -0.2) is 4.79 Å². The SMILES string of the molecule is CC(C)(C)OC(=O)N[C@@]1(c2ccccc2Cl)C[C@H](O)CCC1=O. The van der Waals surface area contributed by atoms with E-state index in [-0.39, 0.29) is 18.6 Å². The van der Waals surface area contributed by atoms with Crippen molar-refractivity contribution in [1.29, 1.82) is 0 Å². The number of ether oxygens (including phenoxy) is 1. The zero-order chi connectivity index (χ0) is 17.3. The number of carbonyl (C=O) groups is 2. The fourth-order valence-electron chi connectivity index (χ4n) is 2.81. The van der Waals surface area contributed by atoms with Crippen molar-refractivity contribution >= 4 is 23.5 Å². The summed E-state index contributed by atoms with van der Waals surface area (Å²) in [5.74, 6) is -0.179. The van der Waals surface area contributed by atoms with Crippen LogP contribution in [0.15, 0.2) is 24.3 Å². The number of hydrogen-bond acceptors (Lipinski definition) is 4. The Morgan fingerprint density at radius 1 is 1.39 bits per heavy atom. The van der Waals surface area contributed by atoms with Crippen molar-refractivity contribution in [2.45, 2.75) is 57.3 Å². The predicted molar refractivity (Wildman–Crippen MR) is 87.4 cm³/mol. The highest BCUT2D eigenvalue weighted by Gasteiger charge is 2.47. The quantitative estimate of drug-likeness (QED) is 0.867. The van der Waals surface area contributed by atoms with Gasteiger partial charge in [0.05, 0.1) is 6.10 Å². The van der Waals surface area contributed by atoms with E-state index in [2.05, 4.69) is 5.32 Å². The number of aliphatic hydroxyl groups is 1. The minimum absolute atomic E-state index is 0.0782. The van der Waals surface area contributed by atoms with E-state index >= 15 is 0 Å². The minimum Gasteiger partial charge on any atom is -0.444 e. The molecule has 0 bridgehead atoms. The molecule has 1 aromatic carbocycles. The number of Topliss-reactive ketones (excluding diaryl/α,β-unsaturated/α-hetero) is 1. The Hall–Kier alpha value is -1.59. The molecular formula is C17H22ClNO4. The van der Waals surface area contributed by atoms with Crippen LogP contribution in [0.25, 0.3) is 0 Å². The number of carbonyl (C=O) groups excluding carboxylic acids is 2. The number of amides is 1. The lowest BCUT2D eigenvalue weighted by Gasteiger charge is -2.39. The van der Waals surface area contributed by atoms with Crippen LogP contribution >= 0.6 is 11.6 Å². The van der Waals surface area contributed by atoms with Crippen molar-refractivity contribution in [3.8, 4) is 0 Å². The van der Waals surface area contributed by atoms with Gasteiger partial charge in [0.2, 0.25) is 0 Å². The number of nitrogens with one attached hydrogen (secondary N) is 1. The largest absolute Gasteiger partial charge is 0.444 e. The highest BCUT2D eigenvalue weighted by Crippen LogP contribution is 2.38. The van der Waals surface area contributed by atoms with Crippen LogP contribution in [0.3, 0.4) is 0 Å². The maximum absolute atomic E-state index is 12.7. The number of ketones is 1. The van der Waals surface area contributed by atoms with E-state index in [1.165, 1.54) is 0 Å². The van der Waals surface area contributed by atoms with Gasteiger partial charge in [0.1, 0.15) is 11.1 Å². The molecule has 0 aliphatic heterocycles. The topological polar surface area (TPSA) is 75.6 Å². The standard InChI is InChI=1S/C17H22ClNO4/c1-16(2,3)23-15(22)19-17(10-11(20)8-9-14(17)21)12-6-4-5-7-13(12)18/h4-7,11,20H,8-10H2,1-3H3,(H,19,22)/t11-,17-/m1/s1. The van der Waals surface area contributed by atoms with Gasteiger partial charge in [-0.3, -0.25) is 4.79 Å². The monoisotopic (exact) mass is 339 g/mol. The molecule has 1 fully saturated rings. The molecule has 6 heteroatoms. The molecule has 1 amide bonds. The first kappa shape index (κ1) is 17.8. The van der Waals surface area contributed by atoms with E-state index in [1.807, 2.05) is 0 Å². The molecule has 1 aliphatic rings. The molecule has 23 heavy (non-hydrogen) atoms. The number of benzene rings is 1. The summed E-state index contributed by atoms with van der Waals surface area (Å²) in [6.07, 6.45) is -0.781. The minimum atomic E-state index is -1.36. The van der Waals surface area contributed by atoms with Crippen LogP contribution in [0.2, 0.25) is 5.02 Å². The smallest absolute Gasteiger partial charge is 0.408 e. The van der Waals surface area contributed by atoms with E-state index < -0.39 is 23.3 Å². The van der Waals surface area contributed by atoms with Gasteiger partial charge >= 0.3 is 6.09 Å². The molecule has 1 saturated carbocycles. The normalized spacial score (nSPS) is 25.1. The maximum atomic E-state index is 12.7. The summed E-state index contributed by atoms with van der Waals surface area (Å²) >= 11 is 6.25. The Labute approximate surface area is 141 Å². The van der Waals surface area contributed by atoms with Crippen molar-refractivity contribution in [2.75, 3.05) is 0 Å². The first-order chi connectivity index (χ1) is 10.6. The molecule has 0 heterocycles. The van der Waals surface area contributed by atoms with Gasteiger partial charge < -0.3 is 15.2 Å². The van der Waals surface area contributed by atoms with Crippen LogP contribution in [0.5, 0.6) is 0 Å². The summed E-state index contributed by atoms with van der Waals surface area (Å²) in [4.78, 5) is 24.9. The summed E-state index contributed by atoms with van der Waals surface area (Å²) in [5, 5.41) is 13.1. The second-order valence-electron chi connectivity index (χ2n) is 6.83. The van der Waals surface area contributed by atoms with Crippen molar-refractivity contribution in [3.63, 3.8) is 0 Å². The fourth-order valence-corrected chi connectivity index (χ4v) is 3.11. The Balaban J connectivity index is 2.42. The van der Waals surface area contributed by atoms with Crippen LogP contribution in [0.1, 0.15) is 45.6 Å². The third-order valence-electron chi connectivity index (χ3n) is 3.77. The molecular weight excluding hydrogens is 318 g/mol. The lowest BCUT2D eigenvalue weighted by atomic mass is 9.74. The molecule has 2 N–H and O–H groups in total. The summed E-state index contributed by atoms with van der Waals surface area (Å²) in [6.45, 7) is 5.23. The highest BCUT2D eigenvalue weighted by molar-refractivity contribution is 6.31. The van der Waals surface area contributed by atoms with E-state index in [0.29, 0.717) is 17.0 Å². The average molecular weight is 340 g/mol. The summed E-state index contributed by atoms with van der Waals surface area (Å²) < 4.78 is 5.28. The van der Waals surface area contributed by atoms with Crippen LogP contribution in [0, 0.1) is 0 Å². The Kier molecular flexibility index (Phi) is 5.01.